The highest BCUT2D eigenvalue weighted by molar-refractivity contribution is 6.36. The molecule has 0 bridgehead atoms. The number of hydrogen-bond acceptors (Lipinski definition) is 4. The van der Waals surface area contributed by atoms with Crippen LogP contribution in [0.5, 0.6) is 5.75 Å². The molecule has 0 aliphatic heterocycles. The number of nitrogens with two attached hydrogens (primary N) is 1. The third-order valence-electron chi connectivity index (χ3n) is 5.33. The van der Waals surface area contributed by atoms with Crippen LogP contribution >= 0.6 is 23.2 Å². The molecule has 2 amide bonds. The smallest absolute Gasteiger partial charge is 0.248 e. The summed E-state index contributed by atoms with van der Waals surface area (Å²) in [6.07, 6.45) is 3.10. The van der Waals surface area contributed by atoms with Gasteiger partial charge in [-0.1, -0.05) is 29.3 Å². The summed E-state index contributed by atoms with van der Waals surface area (Å²) in [4.78, 5) is 23.8. The van der Waals surface area contributed by atoms with E-state index >= 15 is 0 Å². The second kappa shape index (κ2) is 9.63. The molecule has 6 nitrogen and oxygen atoms in total. The van der Waals surface area contributed by atoms with Crippen LogP contribution in [0.3, 0.4) is 0 Å². The number of amides is 2. The Morgan fingerprint density at radius 1 is 1.03 bits per heavy atom. The van der Waals surface area contributed by atoms with E-state index in [0.29, 0.717) is 38.2 Å². The Morgan fingerprint density at radius 3 is 2.41 bits per heavy atom. The van der Waals surface area contributed by atoms with Gasteiger partial charge in [-0.15, -0.1) is 0 Å². The predicted molar refractivity (Wildman–Crippen MR) is 135 cm³/mol. The van der Waals surface area contributed by atoms with Gasteiger partial charge in [0, 0.05) is 50.5 Å². The molecule has 3 N–H and O–H groups in total. The standard InChI is InChI=1S/C26H20Cl2N2O4/c1-14(9-25(31)30-17-6-3-15(4-7-17)26(29)32)19-11-20-21(13-34-24(20)12-23(19)33-2)18-8-5-16(27)10-22(18)28/h3-13H,1-2H3,(H2,29,32)(H,30,31)/b14-9+. The third kappa shape index (κ3) is 4.78. The Morgan fingerprint density at radius 2 is 1.76 bits per heavy atom. The zero-order valence-electron chi connectivity index (χ0n) is 18.3. The van der Waals surface area contributed by atoms with E-state index in [1.54, 1.807) is 55.8 Å². The number of benzene rings is 3. The molecule has 0 aliphatic rings. The van der Waals surface area contributed by atoms with Gasteiger partial charge < -0.3 is 20.2 Å². The van der Waals surface area contributed by atoms with Crippen LogP contribution in [-0.4, -0.2) is 18.9 Å². The number of anilines is 1. The normalized spacial score (nSPS) is 11.5. The summed E-state index contributed by atoms with van der Waals surface area (Å²) in [6.45, 7) is 1.81. The second-order valence-electron chi connectivity index (χ2n) is 7.58. The number of carbonyl (C=O) groups excluding carboxylic acids is 2. The van der Waals surface area contributed by atoms with Crippen LogP contribution in [0.2, 0.25) is 10.0 Å². The maximum absolute atomic E-state index is 12.6. The summed E-state index contributed by atoms with van der Waals surface area (Å²) < 4.78 is 11.3. The molecule has 34 heavy (non-hydrogen) atoms. The Hall–Kier alpha value is -3.74. The highest BCUT2D eigenvalue weighted by atomic mass is 35.5. The van der Waals surface area contributed by atoms with Crippen molar-refractivity contribution in [3.63, 3.8) is 0 Å². The van der Waals surface area contributed by atoms with Crippen LogP contribution in [-0.2, 0) is 4.79 Å². The summed E-state index contributed by atoms with van der Waals surface area (Å²) in [6, 6.07) is 15.3. The Bertz CT molecular complexity index is 1440. The molecular weight excluding hydrogens is 475 g/mol. The summed E-state index contributed by atoms with van der Waals surface area (Å²) in [5.41, 5.74) is 9.75. The van der Waals surface area contributed by atoms with Crippen LogP contribution in [0.25, 0.3) is 27.7 Å². The third-order valence-corrected chi connectivity index (χ3v) is 5.87. The topological polar surface area (TPSA) is 94.6 Å². The van der Waals surface area contributed by atoms with Gasteiger partial charge in [0.2, 0.25) is 11.8 Å². The number of allylic oxidation sites excluding steroid dienone is 1. The maximum atomic E-state index is 12.6. The maximum Gasteiger partial charge on any atom is 0.248 e. The lowest BCUT2D eigenvalue weighted by Gasteiger charge is -2.11. The van der Waals surface area contributed by atoms with E-state index in [4.69, 9.17) is 38.1 Å². The van der Waals surface area contributed by atoms with Crippen LogP contribution in [0, 0.1) is 0 Å². The molecule has 4 rings (SSSR count). The van der Waals surface area contributed by atoms with Gasteiger partial charge in [-0.2, -0.15) is 0 Å². The van der Waals surface area contributed by atoms with E-state index in [-0.39, 0.29) is 5.91 Å². The molecule has 3 aromatic carbocycles. The van der Waals surface area contributed by atoms with E-state index in [0.717, 1.165) is 22.1 Å². The van der Waals surface area contributed by atoms with E-state index in [1.165, 1.54) is 6.08 Å². The van der Waals surface area contributed by atoms with Gasteiger partial charge in [-0.3, -0.25) is 9.59 Å². The first-order valence-corrected chi connectivity index (χ1v) is 11.0. The molecule has 0 atom stereocenters. The van der Waals surface area contributed by atoms with Crippen molar-refractivity contribution in [3.05, 3.63) is 88.1 Å². The molecule has 0 spiro atoms. The number of furan rings is 1. The van der Waals surface area contributed by atoms with Crippen molar-refractivity contribution >= 4 is 57.2 Å². The molecule has 0 fully saturated rings. The number of ether oxygens (including phenoxy) is 1. The molecule has 172 valence electrons. The van der Waals surface area contributed by atoms with E-state index in [9.17, 15) is 9.59 Å². The zero-order valence-corrected chi connectivity index (χ0v) is 19.8. The summed E-state index contributed by atoms with van der Waals surface area (Å²) in [5, 5.41) is 4.63. The van der Waals surface area contributed by atoms with Crippen molar-refractivity contribution in [2.75, 3.05) is 12.4 Å². The molecule has 0 saturated carbocycles. The van der Waals surface area contributed by atoms with E-state index in [2.05, 4.69) is 5.32 Å². The second-order valence-corrected chi connectivity index (χ2v) is 8.42. The minimum Gasteiger partial charge on any atom is -0.496 e. The molecular formula is C26H20Cl2N2O4. The Kier molecular flexibility index (Phi) is 6.63. The number of rotatable bonds is 6. The van der Waals surface area contributed by atoms with Gasteiger partial charge in [0.1, 0.15) is 11.3 Å². The number of halogens is 2. The lowest BCUT2D eigenvalue weighted by Crippen LogP contribution is -2.12. The largest absolute Gasteiger partial charge is 0.496 e. The fourth-order valence-electron chi connectivity index (χ4n) is 3.62. The number of methoxy groups -OCH3 is 1. The van der Waals surface area contributed by atoms with Crippen LogP contribution < -0.4 is 15.8 Å². The van der Waals surface area contributed by atoms with Crippen molar-refractivity contribution in [1.82, 2.24) is 0 Å². The Balaban J connectivity index is 1.68. The first-order chi connectivity index (χ1) is 16.3. The predicted octanol–water partition coefficient (Wildman–Crippen LogP) is 6.56. The number of fused-ring (bicyclic) bond motifs is 1. The number of primary amides is 1. The average molecular weight is 495 g/mol. The van der Waals surface area contributed by atoms with Gasteiger partial charge in [0.05, 0.1) is 18.4 Å². The summed E-state index contributed by atoms with van der Waals surface area (Å²) >= 11 is 12.5. The first-order valence-electron chi connectivity index (χ1n) is 10.2. The Labute approximate surface area is 205 Å². The average Bonchev–Trinajstić information content (AvgIpc) is 3.21. The van der Waals surface area contributed by atoms with Gasteiger partial charge in [0.15, 0.2) is 0 Å². The van der Waals surface area contributed by atoms with Gasteiger partial charge in [-0.25, -0.2) is 0 Å². The van der Waals surface area contributed by atoms with Crippen molar-refractivity contribution in [1.29, 1.82) is 0 Å². The van der Waals surface area contributed by atoms with Crippen molar-refractivity contribution in [2.45, 2.75) is 6.92 Å². The lowest BCUT2D eigenvalue weighted by molar-refractivity contribution is -0.111. The van der Waals surface area contributed by atoms with Crippen LogP contribution in [0.1, 0.15) is 22.8 Å². The molecule has 1 heterocycles. The van der Waals surface area contributed by atoms with Crippen molar-refractivity contribution < 1.29 is 18.7 Å². The molecule has 0 radical (unpaired) electrons. The summed E-state index contributed by atoms with van der Waals surface area (Å²) in [5.74, 6) is -0.308. The molecule has 0 aliphatic carbocycles. The molecule has 4 aromatic rings. The monoisotopic (exact) mass is 494 g/mol. The fourth-order valence-corrected chi connectivity index (χ4v) is 4.13. The minimum atomic E-state index is -0.533. The summed E-state index contributed by atoms with van der Waals surface area (Å²) in [7, 11) is 1.55. The van der Waals surface area contributed by atoms with Crippen molar-refractivity contribution in [3.8, 4) is 16.9 Å². The fraction of sp³-hybridized carbons (Fsp3) is 0.0769. The lowest BCUT2D eigenvalue weighted by atomic mass is 9.99. The van der Waals surface area contributed by atoms with Crippen molar-refractivity contribution in [2.24, 2.45) is 5.73 Å². The highest BCUT2D eigenvalue weighted by Crippen LogP contribution is 2.40. The molecule has 1 aromatic heterocycles. The number of nitrogens with one attached hydrogen (secondary N) is 1. The zero-order chi connectivity index (χ0) is 24.4. The minimum absolute atomic E-state index is 0.334. The van der Waals surface area contributed by atoms with Crippen LogP contribution in [0.15, 0.2) is 71.4 Å². The molecule has 0 saturated heterocycles. The number of carbonyl (C=O) groups is 2. The quantitative estimate of drug-likeness (QED) is 0.297. The van der Waals surface area contributed by atoms with Gasteiger partial charge in [-0.05, 0) is 55.0 Å². The van der Waals surface area contributed by atoms with Crippen LogP contribution in [0.4, 0.5) is 5.69 Å². The van der Waals surface area contributed by atoms with E-state index < -0.39 is 5.91 Å². The van der Waals surface area contributed by atoms with Gasteiger partial charge in [0.25, 0.3) is 0 Å². The SMILES string of the molecule is COc1cc2occ(-c3ccc(Cl)cc3Cl)c2cc1/C(C)=C/C(=O)Nc1ccc(C(N)=O)cc1. The van der Waals surface area contributed by atoms with E-state index in [1.807, 2.05) is 19.1 Å². The molecule has 8 heteroatoms. The van der Waals surface area contributed by atoms with Gasteiger partial charge >= 0.3 is 0 Å². The number of hydrogen-bond donors (Lipinski definition) is 2. The highest BCUT2D eigenvalue weighted by Gasteiger charge is 2.16. The first kappa shape index (κ1) is 23.4. The molecule has 0 unspecified atom stereocenters.